The van der Waals surface area contributed by atoms with Gasteiger partial charge in [0.15, 0.2) is 11.5 Å². The Balaban J connectivity index is 2.23. The van der Waals surface area contributed by atoms with Gasteiger partial charge in [0, 0.05) is 0 Å². The SMILES string of the molecule is Nc1nonc1-c1noc(=O)n1-c1ccc(F)c(C(F)(F)F)c1. The first kappa shape index (κ1) is 14.7. The second-order valence-corrected chi connectivity index (χ2v) is 4.27. The van der Waals surface area contributed by atoms with Gasteiger partial charge in [-0.25, -0.2) is 18.4 Å². The average molecular weight is 331 g/mol. The highest BCUT2D eigenvalue weighted by atomic mass is 19.4. The van der Waals surface area contributed by atoms with Gasteiger partial charge in [0.05, 0.1) is 11.3 Å². The molecular weight excluding hydrogens is 326 g/mol. The van der Waals surface area contributed by atoms with Crippen LogP contribution in [0.2, 0.25) is 0 Å². The van der Waals surface area contributed by atoms with Crippen molar-refractivity contribution in [2.24, 2.45) is 0 Å². The highest BCUT2D eigenvalue weighted by Gasteiger charge is 2.35. The molecule has 0 spiro atoms. The van der Waals surface area contributed by atoms with Gasteiger partial charge in [0.1, 0.15) is 5.82 Å². The molecule has 0 saturated carbocycles. The molecule has 0 radical (unpaired) electrons. The molecule has 0 atom stereocenters. The number of hydrogen-bond acceptors (Lipinski definition) is 7. The number of nitrogen functional groups attached to an aromatic ring is 1. The highest BCUT2D eigenvalue weighted by molar-refractivity contribution is 5.64. The van der Waals surface area contributed by atoms with Crippen LogP contribution < -0.4 is 11.5 Å². The van der Waals surface area contributed by atoms with Crippen LogP contribution in [0.1, 0.15) is 5.56 Å². The van der Waals surface area contributed by atoms with Crippen LogP contribution in [-0.2, 0) is 6.18 Å². The molecule has 2 heterocycles. The van der Waals surface area contributed by atoms with Crippen molar-refractivity contribution in [2.75, 3.05) is 5.73 Å². The molecule has 120 valence electrons. The van der Waals surface area contributed by atoms with Gasteiger partial charge in [-0.3, -0.25) is 4.52 Å². The summed E-state index contributed by atoms with van der Waals surface area (Å²) in [5, 5.41) is 10.0. The first-order valence-corrected chi connectivity index (χ1v) is 5.83. The molecule has 12 heteroatoms. The first-order valence-electron chi connectivity index (χ1n) is 5.83. The van der Waals surface area contributed by atoms with E-state index >= 15 is 0 Å². The molecule has 2 aromatic heterocycles. The number of rotatable bonds is 2. The van der Waals surface area contributed by atoms with Crippen LogP contribution in [0.15, 0.2) is 32.1 Å². The number of hydrogen-bond donors (Lipinski definition) is 1. The fraction of sp³-hybridized carbons (Fsp3) is 0.0909. The summed E-state index contributed by atoms with van der Waals surface area (Å²) in [6.45, 7) is 0. The molecule has 2 N–H and O–H groups in total. The number of nitrogens with two attached hydrogens (primary N) is 1. The molecular formula is C11H5F4N5O3. The Morgan fingerprint density at radius 2 is 1.91 bits per heavy atom. The molecule has 0 aliphatic rings. The Kier molecular flexibility index (Phi) is 3.16. The van der Waals surface area contributed by atoms with Gasteiger partial charge >= 0.3 is 11.9 Å². The summed E-state index contributed by atoms with van der Waals surface area (Å²) < 4.78 is 61.1. The Morgan fingerprint density at radius 3 is 2.52 bits per heavy atom. The maximum absolute atomic E-state index is 13.3. The van der Waals surface area contributed by atoms with E-state index in [2.05, 4.69) is 24.6 Å². The van der Waals surface area contributed by atoms with E-state index in [0.717, 1.165) is 6.07 Å². The van der Waals surface area contributed by atoms with Crippen LogP contribution in [0.25, 0.3) is 17.2 Å². The van der Waals surface area contributed by atoms with Crippen LogP contribution in [0.5, 0.6) is 0 Å². The fourth-order valence-electron chi connectivity index (χ4n) is 1.85. The molecule has 0 unspecified atom stereocenters. The number of halogens is 4. The lowest BCUT2D eigenvalue weighted by atomic mass is 10.1. The number of nitrogens with zero attached hydrogens (tertiary/aromatic N) is 4. The van der Waals surface area contributed by atoms with E-state index in [1.165, 1.54) is 0 Å². The summed E-state index contributed by atoms with van der Waals surface area (Å²) >= 11 is 0. The van der Waals surface area contributed by atoms with Crippen molar-refractivity contribution in [3.63, 3.8) is 0 Å². The second kappa shape index (κ2) is 4.93. The fourth-order valence-corrected chi connectivity index (χ4v) is 1.85. The lowest BCUT2D eigenvalue weighted by Crippen LogP contribution is -2.16. The molecule has 0 aliphatic carbocycles. The van der Waals surface area contributed by atoms with Crippen molar-refractivity contribution in [1.29, 1.82) is 0 Å². The first-order chi connectivity index (χ1) is 10.8. The van der Waals surface area contributed by atoms with E-state index in [0.29, 0.717) is 16.7 Å². The third kappa shape index (κ3) is 2.43. The van der Waals surface area contributed by atoms with Crippen LogP contribution in [0.3, 0.4) is 0 Å². The minimum Gasteiger partial charge on any atom is -0.379 e. The maximum atomic E-state index is 13.3. The molecule has 3 rings (SSSR count). The van der Waals surface area contributed by atoms with Crippen molar-refractivity contribution in [3.8, 4) is 17.2 Å². The van der Waals surface area contributed by atoms with Crippen molar-refractivity contribution in [3.05, 3.63) is 40.1 Å². The molecule has 1 aromatic carbocycles. The van der Waals surface area contributed by atoms with Gasteiger partial charge in [-0.05, 0) is 28.5 Å². The summed E-state index contributed by atoms with van der Waals surface area (Å²) in [5.41, 5.74) is 3.33. The summed E-state index contributed by atoms with van der Waals surface area (Å²) in [7, 11) is 0. The highest BCUT2D eigenvalue weighted by Crippen LogP contribution is 2.33. The van der Waals surface area contributed by atoms with E-state index in [1.54, 1.807) is 0 Å². The Morgan fingerprint density at radius 1 is 1.17 bits per heavy atom. The molecule has 0 aliphatic heterocycles. The zero-order valence-electron chi connectivity index (χ0n) is 10.8. The Hall–Kier alpha value is -3.18. The van der Waals surface area contributed by atoms with Gasteiger partial charge in [-0.15, -0.1) is 0 Å². The van der Waals surface area contributed by atoms with E-state index < -0.39 is 23.3 Å². The Bertz CT molecular complexity index is 926. The van der Waals surface area contributed by atoms with Crippen molar-refractivity contribution in [2.45, 2.75) is 6.18 Å². The zero-order chi connectivity index (χ0) is 16.8. The third-order valence-electron chi connectivity index (χ3n) is 2.84. The quantitative estimate of drug-likeness (QED) is 0.710. The lowest BCUT2D eigenvalue weighted by Gasteiger charge is -2.10. The van der Waals surface area contributed by atoms with Gasteiger partial charge in [-0.2, -0.15) is 13.2 Å². The summed E-state index contributed by atoms with van der Waals surface area (Å²) in [5.74, 6) is -3.21. The van der Waals surface area contributed by atoms with Crippen molar-refractivity contribution < 1.29 is 26.7 Å². The number of anilines is 1. The predicted molar refractivity (Wildman–Crippen MR) is 64.8 cm³/mol. The topological polar surface area (TPSA) is 113 Å². The van der Waals surface area contributed by atoms with Crippen molar-refractivity contribution >= 4 is 5.82 Å². The smallest absolute Gasteiger partial charge is 0.379 e. The van der Waals surface area contributed by atoms with Crippen LogP contribution in [0.4, 0.5) is 23.4 Å². The van der Waals surface area contributed by atoms with Crippen LogP contribution >= 0.6 is 0 Å². The minimum absolute atomic E-state index is 0.214. The largest absolute Gasteiger partial charge is 0.446 e. The average Bonchev–Trinajstić information content (AvgIpc) is 3.04. The maximum Gasteiger partial charge on any atom is 0.446 e. The van der Waals surface area contributed by atoms with Gasteiger partial charge < -0.3 is 5.73 Å². The van der Waals surface area contributed by atoms with E-state index in [9.17, 15) is 22.4 Å². The molecule has 0 fully saturated rings. The third-order valence-corrected chi connectivity index (χ3v) is 2.84. The van der Waals surface area contributed by atoms with Gasteiger partial charge in [-0.1, -0.05) is 5.16 Å². The minimum atomic E-state index is -4.95. The zero-order valence-corrected chi connectivity index (χ0v) is 10.8. The Labute approximate surface area is 123 Å². The van der Waals surface area contributed by atoms with E-state index in [4.69, 9.17) is 5.73 Å². The number of alkyl halides is 3. The molecule has 8 nitrogen and oxygen atoms in total. The normalized spacial score (nSPS) is 11.8. The van der Waals surface area contributed by atoms with Crippen LogP contribution in [-0.4, -0.2) is 20.0 Å². The molecule has 0 amide bonds. The summed E-state index contributed by atoms with van der Waals surface area (Å²) in [4.78, 5) is 11.7. The van der Waals surface area contributed by atoms with Gasteiger partial charge in [0.25, 0.3) is 0 Å². The predicted octanol–water partition coefficient (Wildman–Crippen LogP) is 1.62. The molecule has 23 heavy (non-hydrogen) atoms. The van der Waals surface area contributed by atoms with E-state index in [1.807, 2.05) is 0 Å². The molecule has 0 bridgehead atoms. The molecule has 0 saturated heterocycles. The van der Waals surface area contributed by atoms with E-state index in [-0.39, 0.29) is 23.0 Å². The monoisotopic (exact) mass is 331 g/mol. The second-order valence-electron chi connectivity index (χ2n) is 4.27. The standard InChI is InChI=1S/C11H5F4N5O3/c12-6-2-1-4(3-5(6)11(13,14)15)20-9(19-22-10(20)21)7-8(16)18-23-17-7/h1-3H,(H2,16,18). The number of aromatic nitrogens is 4. The van der Waals surface area contributed by atoms with Gasteiger partial charge in [0.2, 0.25) is 5.82 Å². The molecule has 3 aromatic rings. The lowest BCUT2D eigenvalue weighted by molar-refractivity contribution is -0.140. The summed E-state index contributed by atoms with van der Waals surface area (Å²) in [6.07, 6.45) is -4.95. The van der Waals surface area contributed by atoms with Crippen molar-refractivity contribution in [1.82, 2.24) is 20.0 Å². The van der Waals surface area contributed by atoms with Crippen LogP contribution in [0, 0.1) is 5.82 Å². The summed E-state index contributed by atoms with van der Waals surface area (Å²) in [6, 6.07) is 1.93. The number of benzene rings is 1.